The molecule has 1 aliphatic rings. The van der Waals surface area contributed by atoms with E-state index in [1.54, 1.807) is 0 Å². The van der Waals surface area contributed by atoms with E-state index in [1.165, 1.54) is 25.7 Å². The Balaban J connectivity index is 2.37. The normalized spacial score (nSPS) is 16.6. The molecule has 0 bridgehead atoms. The van der Waals surface area contributed by atoms with Crippen molar-refractivity contribution in [2.75, 3.05) is 5.73 Å². The number of anilines is 1. The van der Waals surface area contributed by atoms with Gasteiger partial charge in [-0.05, 0) is 32.1 Å². The molecule has 0 spiro atoms. The molecule has 1 aliphatic carbocycles. The summed E-state index contributed by atoms with van der Waals surface area (Å²) < 4.78 is 4.00. The molecular weight excluding hydrogens is 238 g/mol. The van der Waals surface area contributed by atoms with Crippen molar-refractivity contribution in [1.29, 1.82) is 0 Å². The van der Waals surface area contributed by atoms with Crippen LogP contribution in [0.2, 0.25) is 0 Å². The van der Waals surface area contributed by atoms with E-state index in [1.807, 2.05) is 4.68 Å². The quantitative estimate of drug-likeness (QED) is 0.890. The van der Waals surface area contributed by atoms with Crippen LogP contribution in [-0.4, -0.2) is 9.36 Å². The molecule has 1 saturated carbocycles. The first kappa shape index (κ1) is 14.2. The number of nitrogens with zero attached hydrogens (tertiary/aromatic N) is 2. The van der Waals surface area contributed by atoms with Crippen LogP contribution in [-0.2, 0) is 13.1 Å². The zero-order chi connectivity index (χ0) is 14.0. The maximum absolute atomic E-state index is 12.4. The van der Waals surface area contributed by atoms with Crippen molar-refractivity contribution in [3.8, 4) is 0 Å². The standard InChI is InChI=1S/C15H27N3O/c1-4-17-14(12-7-5-6-8-12)13(16)15(19)18(17)10-9-11(2)3/h11-12H,4-10,16H2,1-3H3. The van der Waals surface area contributed by atoms with Crippen LogP contribution in [0.25, 0.3) is 0 Å². The molecule has 19 heavy (non-hydrogen) atoms. The molecular formula is C15H27N3O. The number of hydrogen-bond acceptors (Lipinski definition) is 2. The molecule has 1 aromatic heterocycles. The van der Waals surface area contributed by atoms with Crippen LogP contribution < -0.4 is 11.3 Å². The molecule has 1 heterocycles. The lowest BCUT2D eigenvalue weighted by Gasteiger charge is -2.17. The van der Waals surface area contributed by atoms with E-state index in [0.717, 1.165) is 25.2 Å². The summed E-state index contributed by atoms with van der Waals surface area (Å²) in [4.78, 5) is 12.4. The third kappa shape index (κ3) is 2.72. The molecule has 2 rings (SSSR count). The van der Waals surface area contributed by atoms with E-state index in [4.69, 9.17) is 5.73 Å². The van der Waals surface area contributed by atoms with Gasteiger partial charge in [-0.25, -0.2) is 4.68 Å². The van der Waals surface area contributed by atoms with Crippen molar-refractivity contribution in [1.82, 2.24) is 9.36 Å². The Morgan fingerprint density at radius 2 is 1.89 bits per heavy atom. The molecule has 4 nitrogen and oxygen atoms in total. The van der Waals surface area contributed by atoms with E-state index in [0.29, 0.717) is 17.5 Å². The second-order valence-corrected chi connectivity index (χ2v) is 6.11. The van der Waals surface area contributed by atoms with Crippen LogP contribution in [0.1, 0.15) is 64.5 Å². The fourth-order valence-corrected chi connectivity index (χ4v) is 3.20. The van der Waals surface area contributed by atoms with Gasteiger partial charge < -0.3 is 5.73 Å². The Labute approximate surface area is 115 Å². The topological polar surface area (TPSA) is 52.9 Å². The fraction of sp³-hybridized carbons (Fsp3) is 0.800. The van der Waals surface area contributed by atoms with Crippen molar-refractivity contribution in [2.45, 2.75) is 71.9 Å². The van der Waals surface area contributed by atoms with Gasteiger partial charge in [0.25, 0.3) is 5.56 Å². The maximum atomic E-state index is 12.4. The van der Waals surface area contributed by atoms with Gasteiger partial charge in [-0.15, -0.1) is 0 Å². The fourth-order valence-electron chi connectivity index (χ4n) is 3.20. The average molecular weight is 265 g/mol. The molecule has 108 valence electrons. The zero-order valence-corrected chi connectivity index (χ0v) is 12.5. The average Bonchev–Trinajstić information content (AvgIpc) is 2.96. The van der Waals surface area contributed by atoms with E-state index < -0.39 is 0 Å². The second-order valence-electron chi connectivity index (χ2n) is 6.11. The van der Waals surface area contributed by atoms with Crippen LogP contribution in [0.5, 0.6) is 0 Å². The summed E-state index contributed by atoms with van der Waals surface area (Å²) in [7, 11) is 0. The summed E-state index contributed by atoms with van der Waals surface area (Å²) in [5, 5.41) is 0. The summed E-state index contributed by atoms with van der Waals surface area (Å²) in [6.07, 6.45) is 5.90. The maximum Gasteiger partial charge on any atom is 0.290 e. The molecule has 0 saturated heterocycles. The smallest absolute Gasteiger partial charge is 0.290 e. The summed E-state index contributed by atoms with van der Waals surface area (Å²) in [6.45, 7) is 8.08. The lowest BCUT2D eigenvalue weighted by molar-refractivity contribution is 0.394. The predicted molar refractivity (Wildman–Crippen MR) is 79.4 cm³/mol. The molecule has 0 amide bonds. The number of nitrogens with two attached hydrogens (primary N) is 1. The van der Waals surface area contributed by atoms with Gasteiger partial charge in [0.1, 0.15) is 5.69 Å². The predicted octanol–water partition coefficient (Wildman–Crippen LogP) is 2.96. The minimum atomic E-state index is 0.0180. The molecule has 0 unspecified atom stereocenters. The van der Waals surface area contributed by atoms with Crippen LogP contribution in [0, 0.1) is 5.92 Å². The summed E-state index contributed by atoms with van der Waals surface area (Å²) in [6, 6.07) is 0. The molecule has 1 fully saturated rings. The first-order valence-electron chi connectivity index (χ1n) is 7.65. The Morgan fingerprint density at radius 1 is 1.26 bits per heavy atom. The lowest BCUT2D eigenvalue weighted by Crippen LogP contribution is -2.24. The first-order chi connectivity index (χ1) is 9.06. The van der Waals surface area contributed by atoms with E-state index in [2.05, 4.69) is 25.5 Å². The van der Waals surface area contributed by atoms with Gasteiger partial charge in [0, 0.05) is 19.0 Å². The zero-order valence-electron chi connectivity index (χ0n) is 12.5. The Hall–Kier alpha value is -1.19. The highest BCUT2D eigenvalue weighted by Crippen LogP contribution is 2.36. The SMILES string of the molecule is CCn1c(C2CCCC2)c(N)c(=O)n1CCC(C)C. The highest BCUT2D eigenvalue weighted by molar-refractivity contribution is 5.44. The van der Waals surface area contributed by atoms with Gasteiger partial charge in [0.2, 0.25) is 0 Å². The van der Waals surface area contributed by atoms with Crippen molar-refractivity contribution >= 4 is 5.69 Å². The number of nitrogen functional groups attached to an aromatic ring is 1. The van der Waals surface area contributed by atoms with Crippen molar-refractivity contribution in [3.63, 3.8) is 0 Å². The highest BCUT2D eigenvalue weighted by atomic mass is 16.1. The van der Waals surface area contributed by atoms with Crippen LogP contribution in [0.15, 0.2) is 4.79 Å². The van der Waals surface area contributed by atoms with E-state index in [-0.39, 0.29) is 5.56 Å². The van der Waals surface area contributed by atoms with Gasteiger partial charge in [0.05, 0.1) is 5.69 Å². The summed E-state index contributed by atoms with van der Waals surface area (Å²) in [5.74, 6) is 1.09. The largest absolute Gasteiger partial charge is 0.393 e. The third-order valence-corrected chi connectivity index (χ3v) is 4.27. The molecule has 0 aromatic carbocycles. The highest BCUT2D eigenvalue weighted by Gasteiger charge is 2.26. The number of hydrogen-bond donors (Lipinski definition) is 1. The lowest BCUT2D eigenvalue weighted by atomic mass is 10.0. The van der Waals surface area contributed by atoms with Crippen molar-refractivity contribution in [2.24, 2.45) is 5.92 Å². The second kappa shape index (κ2) is 5.85. The molecule has 0 atom stereocenters. The minimum absolute atomic E-state index is 0.0180. The Bertz CT molecular complexity index is 478. The van der Waals surface area contributed by atoms with E-state index in [9.17, 15) is 4.79 Å². The summed E-state index contributed by atoms with van der Waals surface area (Å²) >= 11 is 0. The molecule has 4 heteroatoms. The monoisotopic (exact) mass is 265 g/mol. The molecule has 0 aliphatic heterocycles. The van der Waals surface area contributed by atoms with Gasteiger partial charge in [-0.3, -0.25) is 9.48 Å². The van der Waals surface area contributed by atoms with Gasteiger partial charge in [-0.1, -0.05) is 26.7 Å². The van der Waals surface area contributed by atoms with Crippen molar-refractivity contribution in [3.05, 3.63) is 16.0 Å². The molecule has 0 radical (unpaired) electrons. The Kier molecular flexibility index (Phi) is 4.38. The molecule has 1 aromatic rings. The number of aromatic nitrogens is 2. The first-order valence-corrected chi connectivity index (χ1v) is 7.65. The van der Waals surface area contributed by atoms with Crippen LogP contribution in [0.4, 0.5) is 5.69 Å². The Morgan fingerprint density at radius 3 is 2.42 bits per heavy atom. The van der Waals surface area contributed by atoms with Gasteiger partial charge in [0.15, 0.2) is 0 Å². The van der Waals surface area contributed by atoms with Crippen LogP contribution in [0.3, 0.4) is 0 Å². The third-order valence-electron chi connectivity index (χ3n) is 4.27. The van der Waals surface area contributed by atoms with Crippen LogP contribution >= 0.6 is 0 Å². The van der Waals surface area contributed by atoms with Crippen molar-refractivity contribution < 1.29 is 0 Å². The van der Waals surface area contributed by atoms with E-state index >= 15 is 0 Å². The summed E-state index contributed by atoms with van der Waals surface area (Å²) in [5.41, 5.74) is 7.73. The van der Waals surface area contributed by atoms with Gasteiger partial charge >= 0.3 is 0 Å². The van der Waals surface area contributed by atoms with Gasteiger partial charge in [-0.2, -0.15) is 0 Å². The number of rotatable bonds is 5. The molecule has 2 N–H and O–H groups in total. The minimum Gasteiger partial charge on any atom is -0.393 e.